The van der Waals surface area contributed by atoms with Crippen molar-refractivity contribution in [2.45, 2.75) is 13.8 Å². The number of thiocarbonyl (C=S) groups is 1. The van der Waals surface area contributed by atoms with Crippen LogP contribution in [-0.4, -0.2) is 4.99 Å². The highest BCUT2D eigenvalue weighted by Crippen LogP contribution is 2.20. The van der Waals surface area contributed by atoms with E-state index >= 15 is 0 Å². The first-order chi connectivity index (χ1) is 13.0. The van der Waals surface area contributed by atoms with Crippen molar-refractivity contribution in [3.63, 3.8) is 0 Å². The molecular formula is C22H19ClN2OS. The Bertz CT molecular complexity index is 999. The van der Waals surface area contributed by atoms with Crippen LogP contribution in [0.15, 0.2) is 73.1 Å². The van der Waals surface area contributed by atoms with E-state index in [-0.39, 0.29) is 5.76 Å². The zero-order chi connectivity index (χ0) is 19.4. The molecule has 3 nitrogen and oxygen atoms in total. The molecule has 2 aromatic carbocycles. The molecule has 0 unspecified atom stereocenters. The van der Waals surface area contributed by atoms with Gasteiger partial charge in [-0.3, -0.25) is 0 Å². The summed E-state index contributed by atoms with van der Waals surface area (Å²) in [7, 11) is 0. The fourth-order valence-corrected chi connectivity index (χ4v) is 3.07. The van der Waals surface area contributed by atoms with E-state index in [0.29, 0.717) is 21.3 Å². The summed E-state index contributed by atoms with van der Waals surface area (Å²) in [6.07, 6.45) is 3.62. The predicted molar refractivity (Wildman–Crippen MR) is 113 cm³/mol. The summed E-state index contributed by atoms with van der Waals surface area (Å²) in [5, 5.41) is 17.1. The number of nitrogens with one attached hydrogen (secondary N) is 1. The van der Waals surface area contributed by atoms with Crippen LogP contribution in [-0.2, 0) is 0 Å². The lowest BCUT2D eigenvalue weighted by atomic mass is 10.0. The van der Waals surface area contributed by atoms with Crippen molar-refractivity contribution in [1.29, 1.82) is 0 Å². The highest BCUT2D eigenvalue weighted by atomic mass is 35.5. The third-order valence-corrected chi connectivity index (χ3v) is 4.82. The summed E-state index contributed by atoms with van der Waals surface area (Å²) < 4.78 is 1.74. The third kappa shape index (κ3) is 4.54. The maximum Gasteiger partial charge on any atom is 0.238 e. The largest absolute Gasteiger partial charge is 0.867 e. The van der Waals surface area contributed by atoms with E-state index in [2.05, 4.69) is 5.32 Å². The molecule has 0 aliphatic heterocycles. The molecule has 5 heteroatoms. The molecule has 27 heavy (non-hydrogen) atoms. The number of hydrogen-bond donors (Lipinski definition) is 1. The second kappa shape index (κ2) is 8.33. The van der Waals surface area contributed by atoms with Crippen LogP contribution in [0.1, 0.15) is 16.7 Å². The molecule has 0 amide bonds. The van der Waals surface area contributed by atoms with Gasteiger partial charge in [-0.05, 0) is 60.6 Å². The molecule has 0 saturated heterocycles. The van der Waals surface area contributed by atoms with E-state index in [4.69, 9.17) is 23.8 Å². The van der Waals surface area contributed by atoms with E-state index in [0.717, 1.165) is 16.8 Å². The topological polar surface area (TPSA) is 39.0 Å². The van der Waals surface area contributed by atoms with Gasteiger partial charge in [0, 0.05) is 22.8 Å². The summed E-state index contributed by atoms with van der Waals surface area (Å²) in [5.74, 6) is -0.138. The Balaban J connectivity index is 2.06. The molecule has 0 saturated carbocycles. The first-order valence-corrected chi connectivity index (χ1v) is 9.27. The van der Waals surface area contributed by atoms with Crippen LogP contribution in [0.4, 0.5) is 5.69 Å². The number of benzene rings is 2. The molecule has 0 spiro atoms. The molecule has 1 heterocycles. The summed E-state index contributed by atoms with van der Waals surface area (Å²) in [6.45, 7) is 4.01. The lowest BCUT2D eigenvalue weighted by Gasteiger charge is -2.18. The minimum atomic E-state index is -0.138. The highest BCUT2D eigenvalue weighted by Gasteiger charge is 2.18. The zero-order valence-electron chi connectivity index (χ0n) is 15.1. The highest BCUT2D eigenvalue weighted by molar-refractivity contribution is 7.81. The lowest BCUT2D eigenvalue weighted by Crippen LogP contribution is -2.39. The van der Waals surface area contributed by atoms with Crippen LogP contribution in [0, 0.1) is 13.8 Å². The van der Waals surface area contributed by atoms with Gasteiger partial charge in [0.05, 0.1) is 0 Å². The molecule has 0 atom stereocenters. The van der Waals surface area contributed by atoms with Crippen molar-refractivity contribution in [2.75, 3.05) is 5.32 Å². The molecule has 0 aliphatic rings. The molecular weight excluding hydrogens is 376 g/mol. The molecule has 0 bridgehead atoms. The number of halogens is 1. The van der Waals surface area contributed by atoms with Crippen LogP contribution in [0.25, 0.3) is 11.5 Å². The Labute approximate surface area is 169 Å². The summed E-state index contributed by atoms with van der Waals surface area (Å²) in [6, 6.07) is 18.5. The molecule has 3 rings (SSSR count). The van der Waals surface area contributed by atoms with Gasteiger partial charge in [-0.2, -0.15) is 4.57 Å². The molecule has 0 aliphatic carbocycles. The smallest absolute Gasteiger partial charge is 0.238 e. The van der Waals surface area contributed by atoms with Gasteiger partial charge in [0.2, 0.25) is 5.70 Å². The normalized spacial score (nSPS) is 11.7. The summed E-state index contributed by atoms with van der Waals surface area (Å²) >= 11 is 11.5. The fraction of sp³-hybridized carbons (Fsp3) is 0.0909. The van der Waals surface area contributed by atoms with Crippen LogP contribution in [0.2, 0.25) is 5.02 Å². The van der Waals surface area contributed by atoms with Crippen molar-refractivity contribution < 1.29 is 9.67 Å². The maximum absolute atomic E-state index is 13.3. The monoisotopic (exact) mass is 394 g/mol. The van der Waals surface area contributed by atoms with E-state index in [1.165, 1.54) is 0 Å². The molecule has 1 N–H and O–H groups in total. The number of pyridine rings is 1. The van der Waals surface area contributed by atoms with Gasteiger partial charge in [0.1, 0.15) is 0 Å². The molecule has 0 fully saturated rings. The quantitative estimate of drug-likeness (QED) is 0.309. The van der Waals surface area contributed by atoms with Gasteiger partial charge in [-0.1, -0.05) is 48.1 Å². The number of hydrogen-bond acceptors (Lipinski definition) is 2. The van der Waals surface area contributed by atoms with E-state index in [9.17, 15) is 5.11 Å². The number of anilines is 1. The second-order valence-corrected chi connectivity index (χ2v) is 7.07. The van der Waals surface area contributed by atoms with Crippen LogP contribution >= 0.6 is 23.8 Å². The van der Waals surface area contributed by atoms with Crippen molar-refractivity contribution in [3.8, 4) is 0 Å². The standard InChI is InChI=1S/C22H19ClN2OS/c1-15-6-7-17(14-16(15)2)21(26)20(25-12-4-3-5-13-25)22(27)24-19-10-8-18(23)9-11-19/h3-14H,1-2H3,(H-,24,26,27). The Kier molecular flexibility index (Phi) is 5.89. The van der Waals surface area contributed by atoms with Crippen molar-refractivity contribution in [1.82, 2.24) is 0 Å². The summed E-state index contributed by atoms with van der Waals surface area (Å²) in [5.41, 5.74) is 3.97. The van der Waals surface area contributed by atoms with Gasteiger partial charge in [0.15, 0.2) is 17.4 Å². The first kappa shape index (κ1) is 19.1. The summed E-state index contributed by atoms with van der Waals surface area (Å²) in [4.78, 5) is 0.344. The average Bonchev–Trinajstić information content (AvgIpc) is 2.67. The zero-order valence-corrected chi connectivity index (χ0v) is 16.6. The third-order valence-electron chi connectivity index (χ3n) is 4.28. The van der Waals surface area contributed by atoms with Gasteiger partial charge < -0.3 is 10.4 Å². The Morgan fingerprint density at radius 1 is 0.963 bits per heavy atom. The Morgan fingerprint density at radius 2 is 1.63 bits per heavy atom. The SMILES string of the molecule is Cc1ccc(/C([O-])=C(/C(=S)Nc2ccc(Cl)cc2)[n+]2ccccc2)cc1C. The molecule has 0 radical (unpaired) electrons. The number of aryl methyl sites for hydroxylation is 2. The van der Waals surface area contributed by atoms with Crippen LogP contribution in [0.5, 0.6) is 0 Å². The van der Waals surface area contributed by atoms with Gasteiger partial charge in [-0.25, -0.2) is 0 Å². The number of aromatic nitrogens is 1. The van der Waals surface area contributed by atoms with Gasteiger partial charge >= 0.3 is 0 Å². The fourth-order valence-electron chi connectivity index (χ4n) is 2.63. The van der Waals surface area contributed by atoms with E-state index < -0.39 is 0 Å². The van der Waals surface area contributed by atoms with Gasteiger partial charge in [-0.15, -0.1) is 0 Å². The van der Waals surface area contributed by atoms with E-state index in [1.807, 2.05) is 74.8 Å². The van der Waals surface area contributed by atoms with Crippen molar-refractivity contribution >= 4 is 46.0 Å². The Morgan fingerprint density at radius 3 is 2.26 bits per heavy atom. The molecule has 136 valence electrons. The van der Waals surface area contributed by atoms with Crippen LogP contribution in [0.3, 0.4) is 0 Å². The maximum atomic E-state index is 13.3. The average molecular weight is 395 g/mol. The molecule has 1 aromatic heterocycles. The lowest BCUT2D eigenvalue weighted by molar-refractivity contribution is -0.577. The van der Waals surface area contributed by atoms with Crippen LogP contribution < -0.4 is 15.0 Å². The number of nitrogens with zero attached hydrogens (tertiary/aromatic N) is 1. The second-order valence-electron chi connectivity index (χ2n) is 6.22. The minimum absolute atomic E-state index is 0.138. The first-order valence-electron chi connectivity index (χ1n) is 8.48. The van der Waals surface area contributed by atoms with Crippen molar-refractivity contribution in [2.24, 2.45) is 0 Å². The number of rotatable bonds is 4. The van der Waals surface area contributed by atoms with E-state index in [1.54, 1.807) is 16.7 Å². The predicted octanol–water partition coefficient (Wildman–Crippen LogP) is 4.37. The Hall–Kier alpha value is -2.69. The molecule has 3 aromatic rings. The minimum Gasteiger partial charge on any atom is -0.867 e. The van der Waals surface area contributed by atoms with Crippen molar-refractivity contribution in [3.05, 3.63) is 94.8 Å². The van der Waals surface area contributed by atoms with Gasteiger partial charge in [0.25, 0.3) is 0 Å².